The second-order valence-electron chi connectivity index (χ2n) is 3.68. The third-order valence-corrected chi connectivity index (χ3v) is 2.95. The average molecular weight is 250 g/mol. The Morgan fingerprint density at radius 3 is 2.25 bits per heavy atom. The molecule has 0 saturated carbocycles. The molecular formula is C10H18O5S. The number of carbonyl (C=O) groups is 1. The Hall–Kier alpha value is -0.880. The summed E-state index contributed by atoms with van der Waals surface area (Å²) < 4.78 is 29.2. The maximum Gasteiger partial charge on any atom is 0.330 e. The highest BCUT2D eigenvalue weighted by molar-refractivity contribution is 7.85. The number of carboxylic acid groups (broad SMARTS) is 1. The zero-order valence-electron chi connectivity index (χ0n) is 9.35. The maximum absolute atomic E-state index is 10.4. The summed E-state index contributed by atoms with van der Waals surface area (Å²) in [4.78, 5) is 10.4. The number of carboxylic acids is 1. The van der Waals surface area contributed by atoms with Crippen molar-refractivity contribution in [2.24, 2.45) is 0 Å². The molecule has 0 amide bonds. The summed E-state index contributed by atoms with van der Waals surface area (Å²) >= 11 is 0. The normalized spacial score (nSPS) is 12.8. The van der Waals surface area contributed by atoms with Gasteiger partial charge in [0.25, 0.3) is 10.1 Å². The summed E-state index contributed by atoms with van der Waals surface area (Å²) in [6, 6.07) is 0. The van der Waals surface area contributed by atoms with Crippen LogP contribution in [0.3, 0.4) is 0 Å². The standard InChI is InChI=1S/C10H18O5S/c1-9(10(11)12)7-5-3-2-4-6-8-16(13,14)15/h7H,2-6,8H2,1H3,(H,11,12)(H,13,14,15). The van der Waals surface area contributed by atoms with Gasteiger partial charge in [0.05, 0.1) is 5.75 Å². The minimum Gasteiger partial charge on any atom is -0.478 e. The fraction of sp³-hybridized carbons (Fsp3) is 0.700. The molecule has 2 N–H and O–H groups in total. The molecule has 0 aliphatic carbocycles. The lowest BCUT2D eigenvalue weighted by Crippen LogP contribution is -2.03. The molecule has 5 nitrogen and oxygen atoms in total. The first-order valence-corrected chi connectivity index (χ1v) is 6.79. The van der Waals surface area contributed by atoms with E-state index in [1.54, 1.807) is 13.0 Å². The van der Waals surface area contributed by atoms with Crippen LogP contribution < -0.4 is 0 Å². The van der Waals surface area contributed by atoms with Crippen molar-refractivity contribution in [2.45, 2.75) is 39.0 Å². The van der Waals surface area contributed by atoms with Crippen LogP contribution in [0.25, 0.3) is 0 Å². The van der Waals surface area contributed by atoms with Crippen LogP contribution in [0, 0.1) is 0 Å². The van der Waals surface area contributed by atoms with Crippen molar-refractivity contribution in [2.75, 3.05) is 5.75 Å². The minimum atomic E-state index is -3.83. The van der Waals surface area contributed by atoms with E-state index in [1.807, 2.05) is 0 Å². The Labute approximate surface area is 95.9 Å². The van der Waals surface area contributed by atoms with E-state index in [4.69, 9.17) is 9.66 Å². The van der Waals surface area contributed by atoms with Gasteiger partial charge in [-0.15, -0.1) is 0 Å². The van der Waals surface area contributed by atoms with Gasteiger partial charge in [0.2, 0.25) is 0 Å². The average Bonchev–Trinajstić information content (AvgIpc) is 2.14. The first kappa shape index (κ1) is 15.1. The van der Waals surface area contributed by atoms with Crippen molar-refractivity contribution in [3.05, 3.63) is 11.6 Å². The van der Waals surface area contributed by atoms with Crippen molar-refractivity contribution >= 4 is 16.1 Å². The summed E-state index contributed by atoms with van der Waals surface area (Å²) in [5.41, 5.74) is 0.331. The molecule has 6 heteroatoms. The third kappa shape index (κ3) is 9.67. The smallest absolute Gasteiger partial charge is 0.330 e. The predicted molar refractivity (Wildman–Crippen MR) is 60.9 cm³/mol. The van der Waals surface area contributed by atoms with Crippen molar-refractivity contribution < 1.29 is 22.9 Å². The van der Waals surface area contributed by atoms with Crippen molar-refractivity contribution in [1.29, 1.82) is 0 Å². The Morgan fingerprint density at radius 1 is 1.19 bits per heavy atom. The highest BCUT2D eigenvalue weighted by Crippen LogP contribution is 2.06. The fourth-order valence-electron chi connectivity index (χ4n) is 1.19. The minimum absolute atomic E-state index is 0.197. The van der Waals surface area contributed by atoms with Gasteiger partial charge in [-0.2, -0.15) is 8.42 Å². The Kier molecular flexibility index (Phi) is 7.00. The Balaban J connectivity index is 3.49. The maximum atomic E-state index is 10.4. The molecule has 0 unspecified atom stereocenters. The largest absolute Gasteiger partial charge is 0.478 e. The zero-order chi connectivity index (χ0) is 12.6. The first-order chi connectivity index (χ1) is 7.33. The molecule has 0 spiro atoms. The summed E-state index contributed by atoms with van der Waals surface area (Å²) in [5.74, 6) is -1.11. The van der Waals surface area contributed by atoms with Crippen molar-refractivity contribution in [3.8, 4) is 0 Å². The van der Waals surface area contributed by atoms with E-state index in [0.717, 1.165) is 19.3 Å². The van der Waals surface area contributed by atoms with E-state index in [2.05, 4.69) is 0 Å². The van der Waals surface area contributed by atoms with Crippen LogP contribution in [-0.4, -0.2) is 29.8 Å². The van der Waals surface area contributed by atoms with Gasteiger partial charge in [0.1, 0.15) is 0 Å². The lowest BCUT2D eigenvalue weighted by molar-refractivity contribution is -0.132. The molecule has 0 heterocycles. The van der Waals surface area contributed by atoms with Crippen LogP contribution in [0.2, 0.25) is 0 Å². The molecule has 0 saturated heterocycles. The summed E-state index contributed by atoms with van der Waals surface area (Å²) in [5, 5.41) is 8.55. The molecule has 94 valence electrons. The Bertz CT molecular complexity index is 342. The van der Waals surface area contributed by atoms with E-state index in [0.29, 0.717) is 18.4 Å². The van der Waals surface area contributed by atoms with E-state index >= 15 is 0 Å². The SMILES string of the molecule is CC(=CCCCCCCS(=O)(=O)O)C(=O)O. The molecule has 0 rings (SSSR count). The Morgan fingerprint density at radius 2 is 1.75 bits per heavy atom. The topological polar surface area (TPSA) is 91.7 Å². The number of unbranched alkanes of at least 4 members (excludes halogenated alkanes) is 4. The van der Waals surface area contributed by atoms with Crippen LogP contribution in [0.15, 0.2) is 11.6 Å². The van der Waals surface area contributed by atoms with E-state index in [1.165, 1.54) is 0 Å². The monoisotopic (exact) mass is 250 g/mol. The van der Waals surface area contributed by atoms with Crippen LogP contribution in [0.5, 0.6) is 0 Å². The molecule has 0 aromatic heterocycles. The number of hydrogen-bond acceptors (Lipinski definition) is 3. The highest BCUT2D eigenvalue weighted by Gasteiger charge is 2.03. The lowest BCUT2D eigenvalue weighted by atomic mass is 10.1. The van der Waals surface area contributed by atoms with Gasteiger partial charge in [-0.1, -0.05) is 18.9 Å². The summed E-state index contributed by atoms with van der Waals surface area (Å²) in [6.07, 6.45) is 5.17. The van der Waals surface area contributed by atoms with Gasteiger partial charge in [-0.05, 0) is 26.2 Å². The molecule has 0 aliphatic rings. The van der Waals surface area contributed by atoms with Gasteiger partial charge in [-0.3, -0.25) is 4.55 Å². The molecule has 0 bridgehead atoms. The third-order valence-electron chi connectivity index (χ3n) is 2.14. The molecule has 0 radical (unpaired) electrons. The number of hydrogen-bond donors (Lipinski definition) is 2. The van der Waals surface area contributed by atoms with E-state index in [-0.39, 0.29) is 5.75 Å². The van der Waals surface area contributed by atoms with Gasteiger partial charge in [0.15, 0.2) is 0 Å². The predicted octanol–water partition coefficient (Wildman–Crippen LogP) is 1.86. The van der Waals surface area contributed by atoms with Crippen molar-refractivity contribution in [1.82, 2.24) is 0 Å². The van der Waals surface area contributed by atoms with Crippen LogP contribution in [-0.2, 0) is 14.9 Å². The molecule has 0 fully saturated rings. The molecular weight excluding hydrogens is 232 g/mol. The lowest BCUT2D eigenvalue weighted by Gasteiger charge is -1.98. The second-order valence-corrected chi connectivity index (χ2v) is 5.25. The molecule has 0 aromatic rings. The number of allylic oxidation sites excluding steroid dienone is 1. The summed E-state index contributed by atoms with van der Waals surface area (Å²) in [6.45, 7) is 1.54. The zero-order valence-corrected chi connectivity index (χ0v) is 10.2. The van der Waals surface area contributed by atoms with Crippen LogP contribution in [0.4, 0.5) is 0 Å². The van der Waals surface area contributed by atoms with E-state index < -0.39 is 16.1 Å². The molecule has 0 aromatic carbocycles. The highest BCUT2D eigenvalue weighted by atomic mass is 32.2. The van der Waals surface area contributed by atoms with Crippen molar-refractivity contribution in [3.63, 3.8) is 0 Å². The fourth-order valence-corrected chi connectivity index (χ4v) is 1.76. The molecule has 16 heavy (non-hydrogen) atoms. The molecule has 0 atom stereocenters. The summed E-state index contributed by atoms with van der Waals surface area (Å²) in [7, 11) is -3.83. The van der Waals surface area contributed by atoms with E-state index in [9.17, 15) is 13.2 Å². The van der Waals surface area contributed by atoms with Crippen LogP contribution in [0.1, 0.15) is 39.0 Å². The van der Waals surface area contributed by atoms with Gasteiger partial charge >= 0.3 is 5.97 Å². The van der Waals surface area contributed by atoms with Gasteiger partial charge in [0, 0.05) is 5.57 Å². The quantitative estimate of drug-likeness (QED) is 0.389. The molecule has 0 aliphatic heterocycles. The van der Waals surface area contributed by atoms with Gasteiger partial charge < -0.3 is 5.11 Å². The van der Waals surface area contributed by atoms with Gasteiger partial charge in [-0.25, -0.2) is 4.79 Å². The number of rotatable bonds is 8. The van der Waals surface area contributed by atoms with Crippen LogP contribution >= 0.6 is 0 Å². The first-order valence-electron chi connectivity index (χ1n) is 5.18. The number of aliphatic carboxylic acids is 1. The second kappa shape index (κ2) is 7.40.